The van der Waals surface area contributed by atoms with Gasteiger partial charge in [0, 0.05) is 22.8 Å². The van der Waals surface area contributed by atoms with Crippen LogP contribution in [0.4, 0.5) is 10.1 Å². The molecule has 0 radical (unpaired) electrons. The molecule has 3 aromatic rings. The molecule has 4 nitrogen and oxygen atoms in total. The minimum Gasteiger partial charge on any atom is -0.493 e. The van der Waals surface area contributed by atoms with E-state index in [9.17, 15) is 9.18 Å². The van der Waals surface area contributed by atoms with E-state index in [1.807, 2.05) is 29.6 Å². The smallest absolute Gasteiger partial charge is 0.225 e. The van der Waals surface area contributed by atoms with Crippen LogP contribution in [-0.4, -0.2) is 13.0 Å². The first-order valence-corrected chi connectivity index (χ1v) is 9.45. The highest BCUT2D eigenvalue weighted by Gasteiger charge is 2.28. The number of hydrogen-bond donors (Lipinski definition) is 1. The maximum absolute atomic E-state index is 13.9. The number of carbonyl (C=O) groups excluding carboxylic acids is 1. The summed E-state index contributed by atoms with van der Waals surface area (Å²) in [6, 6.07) is 14.1. The minimum atomic E-state index is -0.306. The number of benzene rings is 2. The summed E-state index contributed by atoms with van der Waals surface area (Å²) in [7, 11) is 1.57. The molecule has 1 atom stereocenters. The molecule has 1 amide bonds. The van der Waals surface area contributed by atoms with Crippen molar-refractivity contribution in [3.63, 3.8) is 0 Å². The second-order valence-electron chi connectivity index (χ2n) is 6.29. The number of ether oxygens (including phenoxy) is 2. The van der Waals surface area contributed by atoms with Gasteiger partial charge in [-0.05, 0) is 35.2 Å². The molecule has 2 aromatic carbocycles. The van der Waals surface area contributed by atoms with Crippen LogP contribution in [0.2, 0.25) is 0 Å². The molecule has 1 aromatic heterocycles. The van der Waals surface area contributed by atoms with Crippen molar-refractivity contribution in [3.8, 4) is 11.5 Å². The largest absolute Gasteiger partial charge is 0.493 e. The Morgan fingerprint density at radius 1 is 1.19 bits per heavy atom. The number of fused-ring (bicyclic) bond motifs is 1. The van der Waals surface area contributed by atoms with Crippen molar-refractivity contribution in [1.82, 2.24) is 0 Å². The van der Waals surface area contributed by atoms with Gasteiger partial charge in [-0.3, -0.25) is 4.79 Å². The summed E-state index contributed by atoms with van der Waals surface area (Å²) in [5.74, 6) is 0.759. The lowest BCUT2D eigenvalue weighted by Gasteiger charge is -2.23. The molecule has 0 fully saturated rings. The third-order valence-electron chi connectivity index (χ3n) is 4.61. The van der Waals surface area contributed by atoms with Gasteiger partial charge in [0.2, 0.25) is 5.91 Å². The zero-order valence-electron chi connectivity index (χ0n) is 14.7. The van der Waals surface area contributed by atoms with Gasteiger partial charge >= 0.3 is 0 Å². The summed E-state index contributed by atoms with van der Waals surface area (Å²) < 4.78 is 25.1. The van der Waals surface area contributed by atoms with E-state index in [0.29, 0.717) is 23.5 Å². The van der Waals surface area contributed by atoms with Crippen molar-refractivity contribution in [2.45, 2.75) is 18.9 Å². The SMILES string of the molecule is COc1ccc([C@@H]2CC(=O)Nc3ccsc32)cc1OCc1ccccc1F. The number of halogens is 1. The Morgan fingerprint density at radius 2 is 2.04 bits per heavy atom. The van der Waals surface area contributed by atoms with Gasteiger partial charge in [0.1, 0.15) is 12.4 Å². The van der Waals surface area contributed by atoms with E-state index < -0.39 is 0 Å². The first kappa shape index (κ1) is 17.5. The van der Waals surface area contributed by atoms with E-state index >= 15 is 0 Å². The predicted molar refractivity (Wildman–Crippen MR) is 103 cm³/mol. The summed E-state index contributed by atoms with van der Waals surface area (Å²) in [6.45, 7) is 0.0991. The van der Waals surface area contributed by atoms with Crippen LogP contribution in [0, 0.1) is 5.82 Å². The van der Waals surface area contributed by atoms with Crippen LogP contribution >= 0.6 is 11.3 Å². The van der Waals surface area contributed by atoms with Gasteiger partial charge < -0.3 is 14.8 Å². The Kier molecular flexibility index (Phi) is 4.81. The second kappa shape index (κ2) is 7.40. The number of nitrogens with one attached hydrogen (secondary N) is 1. The number of methoxy groups -OCH3 is 1. The number of thiophene rings is 1. The van der Waals surface area contributed by atoms with Gasteiger partial charge in [0.25, 0.3) is 0 Å². The monoisotopic (exact) mass is 383 g/mol. The third kappa shape index (κ3) is 3.53. The molecule has 0 saturated carbocycles. The normalized spacial score (nSPS) is 15.8. The van der Waals surface area contributed by atoms with Crippen molar-refractivity contribution < 1.29 is 18.7 Å². The predicted octanol–water partition coefficient (Wildman–Crippen LogP) is 4.95. The lowest BCUT2D eigenvalue weighted by molar-refractivity contribution is -0.116. The lowest BCUT2D eigenvalue weighted by Crippen LogP contribution is -2.22. The number of amides is 1. The highest BCUT2D eigenvalue weighted by atomic mass is 32.1. The Labute approximate surface area is 160 Å². The molecule has 2 heterocycles. The standard InChI is InChI=1S/C21H18FNO3S/c1-25-18-7-6-13(15-11-20(24)23-17-8-9-27-21(15)17)10-19(18)26-12-14-4-2-3-5-16(14)22/h2-10,15H,11-12H2,1H3,(H,23,24)/t15-/m0/s1. The zero-order chi connectivity index (χ0) is 18.8. The van der Waals surface area contributed by atoms with Crippen LogP contribution < -0.4 is 14.8 Å². The molecule has 0 unspecified atom stereocenters. The third-order valence-corrected chi connectivity index (χ3v) is 5.64. The fourth-order valence-electron chi connectivity index (χ4n) is 3.24. The molecular formula is C21H18FNO3S. The molecule has 1 aliphatic rings. The van der Waals surface area contributed by atoms with Crippen LogP contribution in [0.15, 0.2) is 53.9 Å². The molecule has 6 heteroatoms. The maximum atomic E-state index is 13.9. The van der Waals surface area contributed by atoms with Crippen molar-refractivity contribution >= 4 is 22.9 Å². The van der Waals surface area contributed by atoms with Gasteiger partial charge in [0.05, 0.1) is 12.8 Å². The van der Waals surface area contributed by atoms with Crippen LogP contribution in [0.3, 0.4) is 0 Å². The lowest BCUT2D eigenvalue weighted by atomic mass is 9.90. The molecule has 4 rings (SSSR count). The molecule has 138 valence electrons. The number of anilines is 1. The molecule has 0 bridgehead atoms. The van der Waals surface area contributed by atoms with E-state index in [1.165, 1.54) is 6.07 Å². The number of rotatable bonds is 5. The topological polar surface area (TPSA) is 47.6 Å². The quantitative estimate of drug-likeness (QED) is 0.678. The Hall–Kier alpha value is -2.86. The van der Waals surface area contributed by atoms with E-state index in [2.05, 4.69) is 5.32 Å². The molecule has 1 N–H and O–H groups in total. The van der Waals surface area contributed by atoms with Crippen molar-refractivity contribution in [2.75, 3.05) is 12.4 Å². The van der Waals surface area contributed by atoms with Crippen molar-refractivity contribution in [3.05, 3.63) is 75.7 Å². The van der Waals surface area contributed by atoms with Crippen LogP contribution in [0.1, 0.15) is 28.3 Å². The summed E-state index contributed by atoms with van der Waals surface area (Å²) >= 11 is 1.62. The average Bonchev–Trinajstić information content (AvgIpc) is 3.15. The minimum absolute atomic E-state index is 0.00413. The van der Waals surface area contributed by atoms with E-state index in [-0.39, 0.29) is 24.2 Å². The molecule has 0 spiro atoms. The van der Waals surface area contributed by atoms with E-state index in [1.54, 1.807) is 36.6 Å². The highest BCUT2D eigenvalue weighted by molar-refractivity contribution is 7.10. The van der Waals surface area contributed by atoms with Crippen LogP contribution in [-0.2, 0) is 11.4 Å². The number of hydrogen-bond acceptors (Lipinski definition) is 4. The fraction of sp³-hybridized carbons (Fsp3) is 0.190. The zero-order valence-corrected chi connectivity index (χ0v) is 15.5. The Morgan fingerprint density at radius 3 is 2.85 bits per heavy atom. The van der Waals surface area contributed by atoms with Crippen LogP contribution in [0.5, 0.6) is 11.5 Å². The summed E-state index contributed by atoms with van der Waals surface area (Å²) in [4.78, 5) is 13.2. The molecular weight excluding hydrogens is 365 g/mol. The van der Waals surface area contributed by atoms with Gasteiger partial charge in [-0.25, -0.2) is 4.39 Å². The maximum Gasteiger partial charge on any atom is 0.225 e. The van der Waals surface area contributed by atoms with Crippen LogP contribution in [0.25, 0.3) is 0 Å². The van der Waals surface area contributed by atoms with Gasteiger partial charge in [0.15, 0.2) is 11.5 Å². The molecule has 0 aliphatic carbocycles. The summed E-state index contributed by atoms with van der Waals surface area (Å²) in [5.41, 5.74) is 2.31. The average molecular weight is 383 g/mol. The second-order valence-corrected chi connectivity index (χ2v) is 7.24. The Balaban J connectivity index is 1.64. The highest BCUT2D eigenvalue weighted by Crippen LogP contribution is 2.42. The van der Waals surface area contributed by atoms with Crippen molar-refractivity contribution in [1.29, 1.82) is 0 Å². The molecule has 1 aliphatic heterocycles. The summed E-state index contributed by atoms with van der Waals surface area (Å²) in [6.07, 6.45) is 0.382. The first-order valence-electron chi connectivity index (χ1n) is 8.57. The van der Waals surface area contributed by atoms with Gasteiger partial charge in [-0.15, -0.1) is 11.3 Å². The molecule has 0 saturated heterocycles. The van der Waals surface area contributed by atoms with Gasteiger partial charge in [-0.2, -0.15) is 0 Å². The summed E-state index contributed by atoms with van der Waals surface area (Å²) in [5, 5.41) is 4.88. The van der Waals surface area contributed by atoms with Gasteiger partial charge in [-0.1, -0.05) is 24.3 Å². The van der Waals surface area contributed by atoms with E-state index in [4.69, 9.17) is 9.47 Å². The van der Waals surface area contributed by atoms with E-state index in [0.717, 1.165) is 16.1 Å². The Bertz CT molecular complexity index is 985. The fourth-order valence-corrected chi connectivity index (χ4v) is 4.22. The first-order chi connectivity index (χ1) is 13.2. The number of carbonyl (C=O) groups is 1. The molecule has 27 heavy (non-hydrogen) atoms. The van der Waals surface area contributed by atoms with Crippen molar-refractivity contribution in [2.24, 2.45) is 0 Å².